The number of hydrogen-bond acceptors (Lipinski definition) is 6. The first-order chi connectivity index (χ1) is 13.6. The number of nitrogens with one attached hydrogen (secondary N) is 2. The van der Waals surface area contributed by atoms with Crippen LogP contribution in [0.15, 0.2) is 55.1 Å². The molecule has 0 aliphatic carbocycles. The van der Waals surface area contributed by atoms with E-state index in [0.717, 1.165) is 0 Å². The summed E-state index contributed by atoms with van der Waals surface area (Å²) >= 11 is 0. The molecule has 0 bridgehead atoms. The van der Waals surface area contributed by atoms with Crippen molar-refractivity contribution in [1.29, 1.82) is 0 Å². The molecule has 2 amide bonds. The molecular weight excluding hydrogens is 362 g/mol. The van der Waals surface area contributed by atoms with Gasteiger partial charge >= 0.3 is 0 Å². The SMILES string of the molecule is C[C@H](C(=O)Nc1ccc(NC(=O)c2ccc3c(c2)OCO3)cc1)n1cncn1. The molecule has 1 aliphatic rings. The summed E-state index contributed by atoms with van der Waals surface area (Å²) in [5.74, 6) is 0.682. The molecule has 0 fully saturated rings. The first kappa shape index (κ1) is 17.5. The van der Waals surface area contributed by atoms with Gasteiger partial charge in [-0.3, -0.25) is 9.59 Å². The molecule has 4 rings (SSSR count). The van der Waals surface area contributed by atoms with E-state index in [1.54, 1.807) is 49.4 Å². The van der Waals surface area contributed by atoms with E-state index in [2.05, 4.69) is 20.7 Å². The van der Waals surface area contributed by atoms with Crippen molar-refractivity contribution in [3.63, 3.8) is 0 Å². The van der Waals surface area contributed by atoms with Crippen LogP contribution in [0.2, 0.25) is 0 Å². The van der Waals surface area contributed by atoms with Crippen LogP contribution in [-0.4, -0.2) is 33.4 Å². The summed E-state index contributed by atoms with van der Waals surface area (Å²) in [5, 5.41) is 9.56. The Bertz CT molecular complexity index is 1000. The highest BCUT2D eigenvalue weighted by Gasteiger charge is 2.17. The average molecular weight is 379 g/mol. The van der Waals surface area contributed by atoms with Crippen LogP contribution in [-0.2, 0) is 4.79 Å². The van der Waals surface area contributed by atoms with Crippen LogP contribution >= 0.6 is 0 Å². The van der Waals surface area contributed by atoms with Crippen LogP contribution in [0, 0.1) is 0 Å². The molecule has 0 spiro atoms. The molecule has 0 unspecified atom stereocenters. The van der Waals surface area contributed by atoms with Gasteiger partial charge in [0, 0.05) is 16.9 Å². The molecule has 1 aliphatic heterocycles. The van der Waals surface area contributed by atoms with Crippen LogP contribution in [0.4, 0.5) is 11.4 Å². The van der Waals surface area contributed by atoms with Crippen LogP contribution in [0.3, 0.4) is 0 Å². The van der Waals surface area contributed by atoms with Crippen LogP contribution < -0.4 is 20.1 Å². The topological polar surface area (TPSA) is 107 Å². The van der Waals surface area contributed by atoms with Crippen molar-refractivity contribution in [2.75, 3.05) is 17.4 Å². The van der Waals surface area contributed by atoms with Crippen molar-refractivity contribution in [1.82, 2.24) is 14.8 Å². The van der Waals surface area contributed by atoms with Crippen molar-refractivity contribution in [3.8, 4) is 11.5 Å². The molecule has 3 aromatic rings. The quantitative estimate of drug-likeness (QED) is 0.705. The summed E-state index contributed by atoms with van der Waals surface area (Å²) in [6, 6.07) is 11.4. The van der Waals surface area contributed by atoms with Crippen molar-refractivity contribution in [2.24, 2.45) is 0 Å². The highest BCUT2D eigenvalue weighted by molar-refractivity contribution is 6.04. The van der Waals surface area contributed by atoms with Gasteiger partial charge in [0.1, 0.15) is 18.7 Å². The fourth-order valence-corrected chi connectivity index (χ4v) is 2.66. The van der Waals surface area contributed by atoms with Gasteiger partial charge in [-0.15, -0.1) is 0 Å². The first-order valence-corrected chi connectivity index (χ1v) is 8.56. The molecule has 2 aromatic carbocycles. The van der Waals surface area contributed by atoms with Crippen molar-refractivity contribution in [3.05, 3.63) is 60.7 Å². The third-order valence-corrected chi connectivity index (χ3v) is 4.26. The number of carbonyl (C=O) groups is 2. The minimum atomic E-state index is -0.493. The zero-order chi connectivity index (χ0) is 19.5. The number of benzene rings is 2. The normalized spacial score (nSPS) is 13.0. The summed E-state index contributed by atoms with van der Waals surface area (Å²) in [6.07, 6.45) is 2.86. The lowest BCUT2D eigenvalue weighted by molar-refractivity contribution is -0.119. The number of rotatable bonds is 5. The highest BCUT2D eigenvalue weighted by Crippen LogP contribution is 2.32. The van der Waals surface area contributed by atoms with E-state index in [4.69, 9.17) is 9.47 Å². The Morgan fingerprint density at radius 3 is 2.46 bits per heavy atom. The lowest BCUT2D eigenvalue weighted by Crippen LogP contribution is -2.24. The Kier molecular flexibility index (Phi) is 4.63. The summed E-state index contributed by atoms with van der Waals surface area (Å²) in [5.41, 5.74) is 1.67. The van der Waals surface area contributed by atoms with E-state index in [1.807, 2.05) is 0 Å². The average Bonchev–Trinajstić information content (AvgIpc) is 3.40. The van der Waals surface area contributed by atoms with Gasteiger partial charge in [0.25, 0.3) is 5.91 Å². The predicted octanol–water partition coefficient (Wildman–Crippen LogP) is 2.46. The van der Waals surface area contributed by atoms with Gasteiger partial charge < -0.3 is 20.1 Å². The lowest BCUT2D eigenvalue weighted by atomic mass is 10.2. The molecular formula is C19H17N5O4. The molecule has 0 saturated heterocycles. The summed E-state index contributed by atoms with van der Waals surface area (Å²) in [4.78, 5) is 28.5. The maximum absolute atomic E-state index is 12.4. The molecule has 2 N–H and O–H groups in total. The smallest absolute Gasteiger partial charge is 0.255 e. The second-order valence-electron chi connectivity index (χ2n) is 6.14. The molecule has 0 saturated carbocycles. The van der Waals surface area contributed by atoms with Gasteiger partial charge in [-0.2, -0.15) is 5.10 Å². The van der Waals surface area contributed by atoms with E-state index in [1.165, 1.54) is 17.3 Å². The maximum Gasteiger partial charge on any atom is 0.255 e. The van der Waals surface area contributed by atoms with E-state index in [-0.39, 0.29) is 18.6 Å². The number of carbonyl (C=O) groups excluding carboxylic acids is 2. The third kappa shape index (κ3) is 3.63. The fourth-order valence-electron chi connectivity index (χ4n) is 2.66. The summed E-state index contributed by atoms with van der Waals surface area (Å²) < 4.78 is 12.0. The number of anilines is 2. The van der Waals surface area contributed by atoms with Crippen molar-refractivity contribution >= 4 is 23.2 Å². The largest absolute Gasteiger partial charge is 0.454 e. The maximum atomic E-state index is 12.4. The monoisotopic (exact) mass is 379 g/mol. The Morgan fingerprint density at radius 2 is 1.75 bits per heavy atom. The van der Waals surface area contributed by atoms with E-state index in [9.17, 15) is 9.59 Å². The number of hydrogen-bond donors (Lipinski definition) is 2. The number of amides is 2. The van der Waals surface area contributed by atoms with Crippen LogP contribution in [0.25, 0.3) is 0 Å². The molecule has 2 heterocycles. The van der Waals surface area contributed by atoms with E-state index in [0.29, 0.717) is 28.4 Å². The Morgan fingerprint density at radius 1 is 1.04 bits per heavy atom. The zero-order valence-electron chi connectivity index (χ0n) is 15.0. The van der Waals surface area contributed by atoms with E-state index >= 15 is 0 Å². The number of nitrogens with zero attached hydrogens (tertiary/aromatic N) is 3. The number of fused-ring (bicyclic) bond motifs is 1. The van der Waals surface area contributed by atoms with Gasteiger partial charge in [0.15, 0.2) is 11.5 Å². The Hall–Kier alpha value is -3.88. The minimum absolute atomic E-state index is 0.156. The van der Waals surface area contributed by atoms with Gasteiger partial charge in [-0.25, -0.2) is 9.67 Å². The van der Waals surface area contributed by atoms with Gasteiger partial charge in [-0.1, -0.05) is 0 Å². The molecule has 142 valence electrons. The second-order valence-corrected chi connectivity index (χ2v) is 6.14. The molecule has 0 radical (unpaired) electrons. The second kappa shape index (κ2) is 7.39. The molecule has 28 heavy (non-hydrogen) atoms. The Balaban J connectivity index is 1.38. The molecule has 1 atom stereocenters. The Labute approximate surface area is 160 Å². The summed E-state index contributed by atoms with van der Waals surface area (Å²) in [7, 11) is 0. The molecule has 1 aromatic heterocycles. The standard InChI is InChI=1S/C19H17N5O4/c1-12(24-10-20-9-21-24)18(25)22-14-3-5-15(6-4-14)23-19(26)13-2-7-16-17(8-13)28-11-27-16/h2-10,12H,11H2,1H3,(H,22,25)(H,23,26)/t12-/m1/s1. The fraction of sp³-hybridized carbons (Fsp3) is 0.158. The number of ether oxygens (including phenoxy) is 2. The van der Waals surface area contributed by atoms with Crippen LogP contribution in [0.5, 0.6) is 11.5 Å². The zero-order valence-corrected chi connectivity index (χ0v) is 15.0. The van der Waals surface area contributed by atoms with Gasteiger partial charge in [0.2, 0.25) is 12.7 Å². The minimum Gasteiger partial charge on any atom is -0.454 e. The van der Waals surface area contributed by atoms with Crippen molar-refractivity contribution in [2.45, 2.75) is 13.0 Å². The summed E-state index contributed by atoms with van der Waals surface area (Å²) in [6.45, 7) is 1.88. The van der Waals surface area contributed by atoms with Crippen LogP contribution in [0.1, 0.15) is 23.3 Å². The van der Waals surface area contributed by atoms with Gasteiger partial charge in [-0.05, 0) is 49.4 Å². The van der Waals surface area contributed by atoms with Gasteiger partial charge in [0.05, 0.1) is 0 Å². The molecule has 9 heteroatoms. The lowest BCUT2D eigenvalue weighted by Gasteiger charge is -2.12. The van der Waals surface area contributed by atoms with E-state index < -0.39 is 6.04 Å². The predicted molar refractivity (Wildman–Crippen MR) is 100 cm³/mol. The highest BCUT2D eigenvalue weighted by atomic mass is 16.7. The van der Waals surface area contributed by atoms with Crippen molar-refractivity contribution < 1.29 is 19.1 Å². The third-order valence-electron chi connectivity index (χ3n) is 4.26. The number of aromatic nitrogens is 3. The first-order valence-electron chi connectivity index (χ1n) is 8.56. The molecule has 9 nitrogen and oxygen atoms in total.